The fraction of sp³-hybridized carbons (Fsp3) is 0.385. The molecule has 10 heteroatoms. The summed E-state index contributed by atoms with van der Waals surface area (Å²) in [6, 6.07) is 6.44. The summed E-state index contributed by atoms with van der Waals surface area (Å²) in [7, 11) is 0. The molecule has 3 heterocycles. The lowest BCUT2D eigenvalue weighted by Gasteiger charge is -2.19. The summed E-state index contributed by atoms with van der Waals surface area (Å²) >= 11 is 6.27. The molecule has 1 aliphatic heterocycles. The first-order chi connectivity index (χ1) is 17.4. The molecule has 36 heavy (non-hydrogen) atoms. The van der Waals surface area contributed by atoms with Gasteiger partial charge in [0.25, 0.3) is 0 Å². The molecular weight excluding hydrogens is 485 g/mol. The Morgan fingerprint density at radius 3 is 2.92 bits per heavy atom. The van der Waals surface area contributed by atoms with E-state index in [2.05, 4.69) is 26.8 Å². The molecule has 1 amide bonds. The Morgan fingerprint density at radius 1 is 1.31 bits per heavy atom. The lowest BCUT2D eigenvalue weighted by Crippen LogP contribution is -2.29. The number of aromatic nitrogens is 3. The highest BCUT2D eigenvalue weighted by Crippen LogP contribution is 2.36. The van der Waals surface area contributed by atoms with Gasteiger partial charge in [0, 0.05) is 24.6 Å². The van der Waals surface area contributed by atoms with Gasteiger partial charge in [-0.15, -0.1) is 0 Å². The minimum Gasteiger partial charge on any atom is -0.492 e. The Labute approximate surface area is 213 Å². The van der Waals surface area contributed by atoms with E-state index in [1.54, 1.807) is 29.2 Å². The average Bonchev–Trinajstić information content (AvgIpc) is 3.60. The zero-order valence-electron chi connectivity index (χ0n) is 19.9. The summed E-state index contributed by atoms with van der Waals surface area (Å²) in [6.07, 6.45) is 5.54. The van der Waals surface area contributed by atoms with Crippen LogP contribution in [0.5, 0.6) is 11.6 Å². The summed E-state index contributed by atoms with van der Waals surface area (Å²) in [5.41, 5.74) is 1.50. The highest BCUT2D eigenvalue weighted by molar-refractivity contribution is 6.32. The van der Waals surface area contributed by atoms with Crippen LogP contribution in [0.4, 0.5) is 10.2 Å². The van der Waals surface area contributed by atoms with E-state index in [1.807, 2.05) is 6.92 Å². The maximum Gasteiger partial charge on any atom is 0.246 e. The molecule has 2 atom stereocenters. The number of benzene rings is 1. The molecule has 8 nitrogen and oxygen atoms in total. The van der Waals surface area contributed by atoms with Gasteiger partial charge in [0.2, 0.25) is 11.8 Å². The number of carbonyl (C=O) groups is 1. The third kappa shape index (κ3) is 5.21. The standard InChI is InChI=1S/C26H27ClFN5O3/c1-3-22(34)33-11-10-17(12-33)36-21-9-7-19-25(32-21)26(30-14-29-19)31-15(2)18-6-8-20(23(27)24(18)28)35-13-16-4-5-16/h3,6-9,14-17H,1,4-5,10-13H2,2H3,(H,29,30,31)/t15?,17-/m0/s1. The van der Waals surface area contributed by atoms with Crippen molar-refractivity contribution in [3.05, 3.63) is 59.7 Å². The van der Waals surface area contributed by atoms with Crippen LogP contribution in [0.2, 0.25) is 5.02 Å². The van der Waals surface area contributed by atoms with Crippen molar-refractivity contribution in [1.29, 1.82) is 0 Å². The van der Waals surface area contributed by atoms with E-state index in [0.29, 0.717) is 66.1 Å². The zero-order valence-corrected chi connectivity index (χ0v) is 20.7. The van der Waals surface area contributed by atoms with E-state index in [-0.39, 0.29) is 17.0 Å². The van der Waals surface area contributed by atoms with Crippen LogP contribution in [-0.2, 0) is 4.79 Å². The van der Waals surface area contributed by atoms with Crippen molar-refractivity contribution in [2.24, 2.45) is 5.92 Å². The molecule has 188 valence electrons. The number of rotatable bonds is 9. The molecule has 2 fully saturated rings. The van der Waals surface area contributed by atoms with Gasteiger partial charge in [0.05, 0.1) is 24.7 Å². The molecule has 2 aromatic heterocycles. The second-order valence-corrected chi connectivity index (χ2v) is 9.54. The summed E-state index contributed by atoms with van der Waals surface area (Å²) in [4.78, 5) is 26.8. The monoisotopic (exact) mass is 511 g/mol. The van der Waals surface area contributed by atoms with Gasteiger partial charge in [-0.2, -0.15) is 0 Å². The third-order valence-corrected chi connectivity index (χ3v) is 6.80. The van der Waals surface area contributed by atoms with Gasteiger partial charge in [-0.1, -0.05) is 24.2 Å². The molecule has 5 rings (SSSR count). The Kier molecular flexibility index (Phi) is 6.91. The minimum absolute atomic E-state index is 0.0244. The zero-order chi connectivity index (χ0) is 25.2. The highest BCUT2D eigenvalue weighted by Gasteiger charge is 2.27. The first-order valence-corrected chi connectivity index (χ1v) is 12.4. The van der Waals surface area contributed by atoms with Crippen LogP contribution >= 0.6 is 11.6 Å². The molecule has 0 spiro atoms. The molecule has 1 aliphatic carbocycles. The number of anilines is 1. The van der Waals surface area contributed by atoms with Gasteiger partial charge in [0.1, 0.15) is 28.7 Å². The van der Waals surface area contributed by atoms with Gasteiger partial charge >= 0.3 is 0 Å². The molecule has 0 bridgehead atoms. The van der Waals surface area contributed by atoms with Crippen molar-refractivity contribution in [2.45, 2.75) is 38.3 Å². The first kappa shape index (κ1) is 24.2. The van der Waals surface area contributed by atoms with Crippen LogP contribution in [-0.4, -0.2) is 51.6 Å². The maximum absolute atomic E-state index is 15.1. The quantitative estimate of drug-likeness (QED) is 0.407. The Morgan fingerprint density at radius 2 is 2.14 bits per heavy atom. The number of nitrogens with one attached hydrogen (secondary N) is 1. The van der Waals surface area contributed by atoms with Crippen LogP contribution in [0, 0.1) is 11.7 Å². The van der Waals surface area contributed by atoms with E-state index in [0.717, 1.165) is 12.8 Å². The molecule has 1 unspecified atom stereocenters. The Bertz CT molecular complexity index is 1300. The predicted octanol–water partition coefficient (Wildman–Crippen LogP) is 4.94. The van der Waals surface area contributed by atoms with E-state index in [4.69, 9.17) is 21.1 Å². The number of amides is 1. The lowest BCUT2D eigenvalue weighted by atomic mass is 10.1. The van der Waals surface area contributed by atoms with Crippen molar-refractivity contribution >= 4 is 34.4 Å². The van der Waals surface area contributed by atoms with E-state index >= 15 is 4.39 Å². The summed E-state index contributed by atoms with van der Waals surface area (Å²) in [6.45, 7) is 6.98. The number of hydrogen-bond donors (Lipinski definition) is 1. The fourth-order valence-corrected chi connectivity index (χ4v) is 4.41. The first-order valence-electron chi connectivity index (χ1n) is 12.0. The van der Waals surface area contributed by atoms with Crippen molar-refractivity contribution in [2.75, 3.05) is 25.0 Å². The summed E-state index contributed by atoms with van der Waals surface area (Å²) in [5.74, 6) is 1.10. The topological polar surface area (TPSA) is 89.5 Å². The van der Waals surface area contributed by atoms with E-state index in [1.165, 1.54) is 12.4 Å². The van der Waals surface area contributed by atoms with Crippen LogP contribution < -0.4 is 14.8 Å². The number of ether oxygens (including phenoxy) is 2. The summed E-state index contributed by atoms with van der Waals surface area (Å²) in [5, 5.41) is 3.20. The average molecular weight is 512 g/mol. The second kappa shape index (κ2) is 10.3. The highest BCUT2D eigenvalue weighted by atomic mass is 35.5. The molecule has 1 saturated carbocycles. The number of hydrogen-bond acceptors (Lipinski definition) is 7. The van der Waals surface area contributed by atoms with Crippen LogP contribution in [0.15, 0.2) is 43.2 Å². The largest absolute Gasteiger partial charge is 0.492 e. The van der Waals surface area contributed by atoms with Crippen molar-refractivity contribution < 1.29 is 18.7 Å². The van der Waals surface area contributed by atoms with Crippen LogP contribution in [0.3, 0.4) is 0 Å². The normalized spacial score (nSPS) is 18.2. The van der Waals surface area contributed by atoms with Crippen molar-refractivity contribution in [1.82, 2.24) is 19.9 Å². The Hall–Kier alpha value is -3.46. The predicted molar refractivity (Wildman–Crippen MR) is 135 cm³/mol. The molecule has 2 aliphatic rings. The fourth-order valence-electron chi connectivity index (χ4n) is 4.19. The number of pyridine rings is 1. The van der Waals surface area contributed by atoms with Gasteiger partial charge in [-0.3, -0.25) is 4.79 Å². The number of likely N-dealkylation sites (tertiary alicyclic amines) is 1. The summed E-state index contributed by atoms with van der Waals surface area (Å²) < 4.78 is 26.8. The SMILES string of the molecule is C=CC(=O)N1CC[C@H](Oc2ccc3ncnc(NC(C)c4ccc(OCC5CC5)c(Cl)c4F)c3n2)C1. The molecule has 0 radical (unpaired) electrons. The smallest absolute Gasteiger partial charge is 0.246 e. The molecular formula is C26H27ClFN5O3. The van der Waals surface area contributed by atoms with Gasteiger partial charge in [-0.25, -0.2) is 19.3 Å². The number of carbonyl (C=O) groups excluding carboxylic acids is 1. The third-order valence-electron chi connectivity index (χ3n) is 6.44. The number of halogens is 2. The molecule has 1 saturated heterocycles. The molecule has 1 N–H and O–H groups in total. The molecule has 3 aromatic rings. The van der Waals surface area contributed by atoms with Crippen LogP contribution in [0.25, 0.3) is 11.0 Å². The lowest BCUT2D eigenvalue weighted by molar-refractivity contribution is -0.125. The van der Waals surface area contributed by atoms with Gasteiger partial charge in [-0.05, 0) is 43.9 Å². The van der Waals surface area contributed by atoms with Crippen molar-refractivity contribution in [3.8, 4) is 11.6 Å². The second-order valence-electron chi connectivity index (χ2n) is 9.16. The van der Waals surface area contributed by atoms with Crippen LogP contribution in [0.1, 0.15) is 37.8 Å². The minimum atomic E-state index is -0.528. The Balaban J connectivity index is 1.32. The maximum atomic E-state index is 15.1. The van der Waals surface area contributed by atoms with Gasteiger partial charge in [0.15, 0.2) is 11.6 Å². The van der Waals surface area contributed by atoms with Crippen molar-refractivity contribution in [3.63, 3.8) is 0 Å². The number of fused-ring (bicyclic) bond motifs is 1. The molecule has 1 aromatic carbocycles. The number of nitrogens with zero attached hydrogens (tertiary/aromatic N) is 4. The van der Waals surface area contributed by atoms with E-state index in [9.17, 15) is 4.79 Å². The van der Waals surface area contributed by atoms with Gasteiger partial charge < -0.3 is 19.7 Å². The van der Waals surface area contributed by atoms with E-state index < -0.39 is 11.9 Å².